The second kappa shape index (κ2) is 7.26. The third-order valence-electron chi connectivity index (χ3n) is 4.13. The number of benzene rings is 1. The Morgan fingerprint density at radius 1 is 1.27 bits per heavy atom. The van der Waals surface area contributed by atoms with Gasteiger partial charge in [0.1, 0.15) is 5.82 Å². The van der Waals surface area contributed by atoms with Crippen LogP contribution in [0, 0.1) is 0 Å². The van der Waals surface area contributed by atoms with Gasteiger partial charge in [0.25, 0.3) is 0 Å². The molecule has 1 aromatic heterocycles. The maximum absolute atomic E-state index is 10.2. The second-order valence-corrected chi connectivity index (χ2v) is 6.65. The van der Waals surface area contributed by atoms with Gasteiger partial charge in [0.05, 0.1) is 6.10 Å². The van der Waals surface area contributed by atoms with E-state index in [-0.39, 0.29) is 0 Å². The zero-order chi connectivity index (χ0) is 15.4. The topological polar surface area (TPSA) is 63.0 Å². The molecule has 2 N–H and O–H groups in total. The van der Waals surface area contributed by atoms with Crippen LogP contribution in [0.1, 0.15) is 36.3 Å². The van der Waals surface area contributed by atoms with Gasteiger partial charge in [0, 0.05) is 18.7 Å². The summed E-state index contributed by atoms with van der Waals surface area (Å²) in [5.41, 5.74) is 0.941. The van der Waals surface area contributed by atoms with Crippen LogP contribution in [0.4, 0.5) is 0 Å². The van der Waals surface area contributed by atoms with Gasteiger partial charge in [-0.25, -0.2) is 0 Å². The minimum Gasteiger partial charge on any atom is -0.388 e. The lowest BCUT2D eigenvalue weighted by Gasteiger charge is -2.21. The quantitative estimate of drug-likeness (QED) is 0.827. The number of nitrogens with one attached hydrogen (secondary N) is 1. The number of piperidine rings is 1. The van der Waals surface area contributed by atoms with E-state index in [2.05, 4.69) is 20.1 Å². The number of hydrogen-bond donors (Lipinski definition) is 2. The van der Waals surface area contributed by atoms with Crippen LogP contribution in [0.15, 0.2) is 35.5 Å². The summed E-state index contributed by atoms with van der Waals surface area (Å²) >= 11 is 1.56. The number of rotatable bonds is 5. The molecule has 0 aliphatic carbocycles. The summed E-state index contributed by atoms with van der Waals surface area (Å²) in [6.45, 7) is 2.10. The van der Waals surface area contributed by atoms with Gasteiger partial charge in [-0.05, 0) is 31.5 Å². The molecule has 1 aliphatic heterocycles. The minimum atomic E-state index is -0.481. The molecule has 1 aliphatic rings. The monoisotopic (exact) mass is 318 g/mol. The molecule has 1 fully saturated rings. The van der Waals surface area contributed by atoms with Crippen molar-refractivity contribution in [1.29, 1.82) is 0 Å². The molecular weight excluding hydrogens is 296 g/mol. The zero-order valence-electron chi connectivity index (χ0n) is 12.8. The highest BCUT2D eigenvalue weighted by molar-refractivity contribution is 7.99. The lowest BCUT2D eigenvalue weighted by Crippen LogP contribution is -2.27. The number of nitrogens with zero attached hydrogens (tertiary/aromatic N) is 3. The van der Waals surface area contributed by atoms with Crippen molar-refractivity contribution in [3.63, 3.8) is 0 Å². The lowest BCUT2D eigenvalue weighted by molar-refractivity contribution is 0.204. The molecule has 1 saturated heterocycles. The van der Waals surface area contributed by atoms with E-state index in [1.807, 2.05) is 37.4 Å². The first kappa shape index (κ1) is 15.5. The number of thioether (sulfide) groups is 1. The van der Waals surface area contributed by atoms with Crippen molar-refractivity contribution in [2.75, 3.05) is 18.8 Å². The van der Waals surface area contributed by atoms with Gasteiger partial charge in [-0.15, -0.1) is 10.2 Å². The van der Waals surface area contributed by atoms with Crippen LogP contribution in [-0.2, 0) is 7.05 Å². The molecular formula is C16H22N4OS. The summed E-state index contributed by atoms with van der Waals surface area (Å²) in [5, 5.41) is 23.2. The molecule has 6 heteroatoms. The van der Waals surface area contributed by atoms with Crippen LogP contribution < -0.4 is 5.32 Å². The molecule has 3 rings (SSSR count). The number of aliphatic hydroxyl groups is 1. The Morgan fingerprint density at radius 2 is 2.00 bits per heavy atom. The van der Waals surface area contributed by atoms with E-state index >= 15 is 0 Å². The summed E-state index contributed by atoms with van der Waals surface area (Å²) in [6.07, 6.45) is 1.75. The summed E-state index contributed by atoms with van der Waals surface area (Å²) in [5.74, 6) is 2.15. The summed E-state index contributed by atoms with van der Waals surface area (Å²) in [4.78, 5) is 0. The Bertz CT molecular complexity index is 595. The summed E-state index contributed by atoms with van der Waals surface area (Å²) in [7, 11) is 2.02. The van der Waals surface area contributed by atoms with E-state index < -0.39 is 6.10 Å². The SMILES string of the molecule is Cn1c(SC[C@H](O)c2ccccc2)nnc1C1CCNCC1. The van der Waals surface area contributed by atoms with E-state index in [4.69, 9.17) is 0 Å². The van der Waals surface area contributed by atoms with Gasteiger partial charge in [0.15, 0.2) is 5.16 Å². The minimum absolute atomic E-state index is 0.481. The maximum atomic E-state index is 10.2. The van der Waals surface area contributed by atoms with Gasteiger partial charge in [-0.1, -0.05) is 42.1 Å². The molecule has 0 bridgehead atoms. The molecule has 1 aromatic carbocycles. The Hall–Kier alpha value is -1.37. The average Bonchev–Trinajstić information content (AvgIpc) is 2.95. The Kier molecular flexibility index (Phi) is 5.12. The van der Waals surface area contributed by atoms with Crippen LogP contribution in [0.5, 0.6) is 0 Å². The van der Waals surface area contributed by atoms with E-state index in [1.165, 1.54) is 0 Å². The van der Waals surface area contributed by atoms with Crippen molar-refractivity contribution in [1.82, 2.24) is 20.1 Å². The molecule has 1 atom stereocenters. The van der Waals surface area contributed by atoms with E-state index in [0.29, 0.717) is 11.7 Å². The van der Waals surface area contributed by atoms with Gasteiger partial charge in [-0.3, -0.25) is 0 Å². The van der Waals surface area contributed by atoms with Gasteiger partial charge < -0.3 is 15.0 Å². The Labute approximate surface area is 135 Å². The van der Waals surface area contributed by atoms with Crippen molar-refractivity contribution in [3.05, 3.63) is 41.7 Å². The number of hydrogen-bond acceptors (Lipinski definition) is 5. The standard InChI is InChI=1S/C16H22N4OS/c1-20-15(13-7-9-17-10-8-13)18-19-16(20)22-11-14(21)12-5-3-2-4-6-12/h2-6,13-14,17,21H,7-11H2,1H3/t14-/m0/s1. The summed E-state index contributed by atoms with van der Waals surface area (Å²) < 4.78 is 2.08. The van der Waals surface area contributed by atoms with Crippen LogP contribution in [0.25, 0.3) is 0 Å². The average molecular weight is 318 g/mol. The third-order valence-corrected chi connectivity index (χ3v) is 5.22. The highest BCUT2D eigenvalue weighted by Crippen LogP contribution is 2.28. The fourth-order valence-electron chi connectivity index (χ4n) is 2.81. The van der Waals surface area contributed by atoms with Crippen LogP contribution >= 0.6 is 11.8 Å². The lowest BCUT2D eigenvalue weighted by atomic mass is 9.97. The first-order valence-electron chi connectivity index (χ1n) is 7.71. The van der Waals surface area contributed by atoms with Crippen LogP contribution in [0.2, 0.25) is 0 Å². The zero-order valence-corrected chi connectivity index (χ0v) is 13.6. The highest BCUT2D eigenvalue weighted by Gasteiger charge is 2.22. The third kappa shape index (κ3) is 3.51. The predicted octanol–water partition coefficient (Wildman–Crippen LogP) is 2.11. The Morgan fingerprint density at radius 3 is 2.73 bits per heavy atom. The van der Waals surface area contributed by atoms with E-state index in [9.17, 15) is 5.11 Å². The number of aromatic nitrogens is 3. The second-order valence-electron chi connectivity index (χ2n) is 5.66. The molecule has 0 spiro atoms. The van der Waals surface area contributed by atoms with Crippen LogP contribution in [-0.4, -0.2) is 38.7 Å². The number of aliphatic hydroxyl groups excluding tert-OH is 1. The smallest absolute Gasteiger partial charge is 0.191 e. The molecule has 0 amide bonds. The van der Waals surface area contributed by atoms with Crippen molar-refractivity contribution in [3.8, 4) is 0 Å². The van der Waals surface area contributed by atoms with Gasteiger partial charge >= 0.3 is 0 Å². The molecule has 2 aromatic rings. The highest BCUT2D eigenvalue weighted by atomic mass is 32.2. The molecule has 0 saturated carbocycles. The largest absolute Gasteiger partial charge is 0.388 e. The van der Waals surface area contributed by atoms with Gasteiger partial charge in [0.2, 0.25) is 0 Å². The van der Waals surface area contributed by atoms with Crippen molar-refractivity contribution in [2.45, 2.75) is 30.0 Å². The van der Waals surface area contributed by atoms with Crippen molar-refractivity contribution >= 4 is 11.8 Å². The van der Waals surface area contributed by atoms with E-state index in [1.54, 1.807) is 11.8 Å². The van der Waals surface area contributed by atoms with Crippen molar-refractivity contribution < 1.29 is 5.11 Å². The summed E-state index contributed by atoms with van der Waals surface area (Å²) in [6, 6.07) is 9.74. The first-order chi connectivity index (χ1) is 10.8. The fourth-order valence-corrected chi connectivity index (χ4v) is 3.70. The molecule has 0 radical (unpaired) electrons. The Balaban J connectivity index is 1.62. The predicted molar refractivity (Wildman–Crippen MR) is 88.0 cm³/mol. The van der Waals surface area contributed by atoms with Gasteiger partial charge in [-0.2, -0.15) is 0 Å². The van der Waals surface area contributed by atoms with Crippen LogP contribution in [0.3, 0.4) is 0 Å². The van der Waals surface area contributed by atoms with Crippen molar-refractivity contribution in [2.24, 2.45) is 7.05 Å². The first-order valence-corrected chi connectivity index (χ1v) is 8.70. The fraction of sp³-hybridized carbons (Fsp3) is 0.500. The molecule has 5 nitrogen and oxygen atoms in total. The molecule has 118 valence electrons. The maximum Gasteiger partial charge on any atom is 0.191 e. The molecule has 22 heavy (non-hydrogen) atoms. The van der Waals surface area contributed by atoms with E-state index in [0.717, 1.165) is 42.5 Å². The molecule has 2 heterocycles. The normalized spacial score (nSPS) is 17.5. The molecule has 0 unspecified atom stereocenters.